The fourth-order valence-corrected chi connectivity index (χ4v) is 4.06. The van der Waals surface area contributed by atoms with Crippen LogP contribution in [0.15, 0.2) is 51.9 Å². The van der Waals surface area contributed by atoms with Crippen LogP contribution < -0.4 is 10.0 Å². The minimum atomic E-state index is -3.99. The minimum absolute atomic E-state index is 0.0655. The van der Waals surface area contributed by atoms with Gasteiger partial charge in [-0.1, -0.05) is 36.7 Å². The molecule has 0 atom stereocenters. The number of benzene rings is 2. The maximum absolute atomic E-state index is 12.8. The molecule has 0 bridgehead atoms. The Bertz CT molecular complexity index is 1200. The number of nitrogens with zero attached hydrogens (tertiary/aromatic N) is 1. The van der Waals surface area contributed by atoms with Crippen LogP contribution in [0.3, 0.4) is 0 Å². The van der Waals surface area contributed by atoms with Crippen molar-refractivity contribution in [1.29, 1.82) is 0 Å². The summed E-state index contributed by atoms with van der Waals surface area (Å²) in [4.78, 5) is 12.6. The van der Waals surface area contributed by atoms with Gasteiger partial charge in [-0.25, -0.2) is 8.42 Å². The molecule has 0 unspecified atom stereocenters. The van der Waals surface area contributed by atoms with E-state index < -0.39 is 15.9 Å². The number of anilines is 2. The lowest BCUT2D eigenvalue weighted by Gasteiger charge is -2.12. The zero-order valence-electron chi connectivity index (χ0n) is 16.4. The van der Waals surface area contributed by atoms with Crippen LogP contribution in [-0.2, 0) is 10.0 Å². The number of halogens is 1. The first-order valence-electron chi connectivity index (χ1n) is 8.97. The summed E-state index contributed by atoms with van der Waals surface area (Å²) in [6.07, 6.45) is 0. The Labute approximate surface area is 178 Å². The van der Waals surface area contributed by atoms with Gasteiger partial charge in [0, 0.05) is 10.9 Å². The summed E-state index contributed by atoms with van der Waals surface area (Å²) in [5.74, 6) is -0.541. The fraction of sp³-hybridized carbons (Fsp3) is 0.200. The van der Waals surface area contributed by atoms with E-state index in [1.54, 1.807) is 25.1 Å². The monoisotopic (exact) mass is 449 g/mol. The number of sulfonamides is 1. The molecule has 30 heavy (non-hydrogen) atoms. The topological polar surface area (TPSA) is 122 Å². The molecule has 0 saturated carbocycles. The average Bonchev–Trinajstić information content (AvgIpc) is 3.05. The second-order valence-electron chi connectivity index (χ2n) is 6.91. The molecular weight excluding hydrogens is 430 g/mol. The van der Waals surface area contributed by atoms with Gasteiger partial charge in [0.05, 0.1) is 22.0 Å². The molecule has 1 amide bonds. The molecule has 0 saturated heterocycles. The predicted octanol–water partition coefficient (Wildman–Crippen LogP) is 4.52. The normalized spacial score (nSPS) is 11.5. The third-order valence-electron chi connectivity index (χ3n) is 4.24. The van der Waals surface area contributed by atoms with Crippen LogP contribution in [0, 0.1) is 6.92 Å². The summed E-state index contributed by atoms with van der Waals surface area (Å²) in [5, 5.41) is 16.9. The smallest absolute Gasteiger partial charge is 0.261 e. The molecule has 2 aromatic carbocycles. The van der Waals surface area contributed by atoms with Gasteiger partial charge in [0.25, 0.3) is 15.9 Å². The lowest BCUT2D eigenvalue weighted by molar-refractivity contribution is 0.102. The van der Waals surface area contributed by atoms with Crippen molar-refractivity contribution in [2.45, 2.75) is 31.6 Å². The molecule has 10 heteroatoms. The number of aromatic nitrogens is 1. The van der Waals surface area contributed by atoms with Crippen molar-refractivity contribution in [3.05, 3.63) is 64.5 Å². The van der Waals surface area contributed by atoms with E-state index in [1.807, 2.05) is 13.8 Å². The SMILES string of the molecule is Cc1noc(C(C)C)c1C(=O)Nc1cc(S(=O)(=O)Nc2cccc(Cl)c2)ccc1O. The van der Waals surface area contributed by atoms with E-state index in [1.165, 1.54) is 18.2 Å². The second-order valence-corrected chi connectivity index (χ2v) is 9.03. The zero-order valence-corrected chi connectivity index (χ0v) is 18.0. The van der Waals surface area contributed by atoms with E-state index in [9.17, 15) is 18.3 Å². The lowest BCUT2D eigenvalue weighted by Crippen LogP contribution is -2.16. The number of rotatable bonds is 6. The summed E-state index contributed by atoms with van der Waals surface area (Å²) < 4.78 is 33.0. The van der Waals surface area contributed by atoms with Crippen molar-refractivity contribution in [2.24, 2.45) is 0 Å². The number of nitrogens with one attached hydrogen (secondary N) is 2. The number of amides is 1. The molecule has 1 aromatic heterocycles. The van der Waals surface area contributed by atoms with Crippen molar-refractivity contribution >= 4 is 38.9 Å². The number of hydrogen-bond donors (Lipinski definition) is 3. The molecule has 0 spiro atoms. The third-order valence-corrected chi connectivity index (χ3v) is 5.86. The number of carbonyl (C=O) groups excluding carboxylic acids is 1. The van der Waals surface area contributed by atoms with E-state index in [-0.39, 0.29) is 33.5 Å². The number of hydrogen-bond acceptors (Lipinski definition) is 6. The van der Waals surface area contributed by atoms with Crippen LogP contribution in [0.5, 0.6) is 5.75 Å². The van der Waals surface area contributed by atoms with Crippen LogP contribution in [0.2, 0.25) is 5.02 Å². The highest BCUT2D eigenvalue weighted by Gasteiger charge is 2.24. The van der Waals surface area contributed by atoms with E-state index in [2.05, 4.69) is 15.2 Å². The number of phenols is 1. The molecule has 3 N–H and O–H groups in total. The van der Waals surface area contributed by atoms with Gasteiger partial charge in [-0.2, -0.15) is 0 Å². The minimum Gasteiger partial charge on any atom is -0.506 e. The fourth-order valence-electron chi connectivity index (χ4n) is 2.79. The Morgan fingerprint density at radius 1 is 1.20 bits per heavy atom. The van der Waals surface area contributed by atoms with Gasteiger partial charge in [0.15, 0.2) is 5.76 Å². The molecule has 3 aromatic rings. The average molecular weight is 450 g/mol. The molecule has 0 aliphatic rings. The first-order chi connectivity index (χ1) is 14.1. The van der Waals surface area contributed by atoms with Crippen LogP contribution in [0.1, 0.15) is 41.6 Å². The van der Waals surface area contributed by atoms with Gasteiger partial charge in [0.2, 0.25) is 0 Å². The van der Waals surface area contributed by atoms with Crippen LogP contribution in [0.4, 0.5) is 11.4 Å². The van der Waals surface area contributed by atoms with Gasteiger partial charge >= 0.3 is 0 Å². The van der Waals surface area contributed by atoms with Crippen molar-refractivity contribution in [1.82, 2.24) is 5.16 Å². The highest BCUT2D eigenvalue weighted by molar-refractivity contribution is 7.92. The summed E-state index contributed by atoms with van der Waals surface area (Å²) in [6, 6.07) is 9.81. The van der Waals surface area contributed by atoms with Crippen molar-refractivity contribution in [3.63, 3.8) is 0 Å². The largest absolute Gasteiger partial charge is 0.506 e. The highest BCUT2D eigenvalue weighted by atomic mass is 35.5. The van der Waals surface area contributed by atoms with E-state index in [4.69, 9.17) is 16.1 Å². The Balaban J connectivity index is 1.90. The standard InChI is InChI=1S/C20H20ClN3O5S/c1-11(2)19-18(12(3)23-29-19)20(26)22-16-10-15(7-8-17(16)25)30(27,28)24-14-6-4-5-13(21)9-14/h4-11,24-25H,1-3H3,(H,22,26). The quantitative estimate of drug-likeness (QED) is 0.475. The molecular formula is C20H20ClN3O5S. The predicted molar refractivity (Wildman–Crippen MR) is 114 cm³/mol. The van der Waals surface area contributed by atoms with Gasteiger partial charge in [-0.3, -0.25) is 9.52 Å². The molecule has 158 valence electrons. The number of aromatic hydroxyl groups is 1. The zero-order chi connectivity index (χ0) is 22.1. The molecule has 0 aliphatic heterocycles. The maximum Gasteiger partial charge on any atom is 0.261 e. The van der Waals surface area contributed by atoms with E-state index >= 15 is 0 Å². The Hall–Kier alpha value is -3.04. The first-order valence-corrected chi connectivity index (χ1v) is 10.8. The molecule has 0 radical (unpaired) electrons. The molecule has 0 fully saturated rings. The second kappa shape index (κ2) is 8.37. The van der Waals surface area contributed by atoms with Crippen LogP contribution in [-0.4, -0.2) is 24.6 Å². The molecule has 8 nitrogen and oxygen atoms in total. The van der Waals surface area contributed by atoms with Gasteiger partial charge in [-0.05, 0) is 43.3 Å². The first kappa shape index (κ1) is 21.7. The summed E-state index contributed by atoms with van der Waals surface area (Å²) >= 11 is 5.89. The third kappa shape index (κ3) is 4.58. The maximum atomic E-state index is 12.8. The Kier molecular flexibility index (Phi) is 6.04. The number of aryl methyl sites for hydroxylation is 1. The van der Waals surface area contributed by atoms with Crippen LogP contribution in [0.25, 0.3) is 0 Å². The van der Waals surface area contributed by atoms with E-state index in [0.29, 0.717) is 16.5 Å². The summed E-state index contributed by atoms with van der Waals surface area (Å²) in [5.41, 5.74) is 0.851. The van der Waals surface area contributed by atoms with Gasteiger partial charge in [0.1, 0.15) is 11.3 Å². The van der Waals surface area contributed by atoms with Gasteiger partial charge < -0.3 is 14.9 Å². The van der Waals surface area contributed by atoms with E-state index in [0.717, 1.165) is 6.07 Å². The number of phenolic OH excluding ortho intramolecular Hbond substituents is 1. The highest BCUT2D eigenvalue weighted by Crippen LogP contribution is 2.30. The van der Waals surface area contributed by atoms with Crippen molar-refractivity contribution in [3.8, 4) is 5.75 Å². The lowest BCUT2D eigenvalue weighted by atomic mass is 10.0. The Morgan fingerprint density at radius 2 is 1.93 bits per heavy atom. The summed E-state index contributed by atoms with van der Waals surface area (Å²) in [6.45, 7) is 5.33. The molecule has 1 heterocycles. The van der Waals surface area contributed by atoms with Gasteiger partial charge in [-0.15, -0.1) is 0 Å². The summed E-state index contributed by atoms with van der Waals surface area (Å²) in [7, 11) is -3.99. The van der Waals surface area contributed by atoms with Crippen molar-refractivity contribution in [2.75, 3.05) is 10.0 Å². The molecule has 0 aliphatic carbocycles. The molecule has 3 rings (SSSR count). The Morgan fingerprint density at radius 3 is 2.60 bits per heavy atom. The van der Waals surface area contributed by atoms with Crippen LogP contribution >= 0.6 is 11.6 Å². The van der Waals surface area contributed by atoms with Crippen molar-refractivity contribution < 1.29 is 22.8 Å². The number of carbonyl (C=O) groups is 1.